The Kier molecular flexibility index (Phi) is 5.49. The molecular weight excluding hydrogens is 292 g/mol. The molecule has 0 saturated carbocycles. The Morgan fingerprint density at radius 3 is 2.17 bits per heavy atom. The van der Waals surface area contributed by atoms with Crippen LogP contribution in [0, 0.1) is 13.8 Å². The van der Waals surface area contributed by atoms with E-state index in [1.165, 1.54) is 7.11 Å². The molecule has 0 aliphatic carbocycles. The second-order valence-electron chi connectivity index (χ2n) is 5.39. The van der Waals surface area contributed by atoms with E-state index < -0.39 is 0 Å². The molecule has 0 aliphatic heterocycles. The molecule has 0 heterocycles. The normalized spacial score (nSPS) is 10.2. The molecule has 0 radical (unpaired) electrons. The fourth-order valence-corrected chi connectivity index (χ4v) is 2.31. The number of rotatable bonds is 5. The smallest absolute Gasteiger partial charge is 0.255 e. The lowest BCUT2D eigenvalue weighted by Gasteiger charge is -2.09. The standard InChI is InChI=1S/C18H20N2O3/c1-12-7-13(2)9-14(8-12)18(22)20-16-6-4-5-15(10-16)19-17(21)11-23-3/h4-10H,11H2,1-3H3,(H,19,21)(H,20,22). The van der Waals surface area contributed by atoms with Gasteiger partial charge in [-0.25, -0.2) is 0 Å². The molecule has 0 spiro atoms. The predicted octanol–water partition coefficient (Wildman–Crippen LogP) is 3.14. The van der Waals surface area contributed by atoms with E-state index >= 15 is 0 Å². The third kappa shape index (κ3) is 4.93. The van der Waals surface area contributed by atoms with Crippen LogP contribution in [0.5, 0.6) is 0 Å². The number of aryl methyl sites for hydroxylation is 2. The van der Waals surface area contributed by atoms with Crippen molar-refractivity contribution in [3.05, 3.63) is 59.2 Å². The highest BCUT2D eigenvalue weighted by atomic mass is 16.5. The van der Waals surface area contributed by atoms with Gasteiger partial charge in [-0.2, -0.15) is 0 Å². The Labute approximate surface area is 135 Å². The van der Waals surface area contributed by atoms with Crippen LogP contribution < -0.4 is 10.6 Å². The third-order valence-electron chi connectivity index (χ3n) is 3.16. The number of carbonyl (C=O) groups excluding carboxylic acids is 2. The number of anilines is 2. The van der Waals surface area contributed by atoms with Gasteiger partial charge in [0.05, 0.1) is 0 Å². The molecule has 0 saturated heterocycles. The van der Waals surface area contributed by atoms with Crippen LogP contribution in [0.3, 0.4) is 0 Å². The van der Waals surface area contributed by atoms with Crippen molar-refractivity contribution >= 4 is 23.2 Å². The van der Waals surface area contributed by atoms with E-state index in [0.717, 1.165) is 11.1 Å². The van der Waals surface area contributed by atoms with Crippen LogP contribution in [0.4, 0.5) is 11.4 Å². The second kappa shape index (κ2) is 7.56. The molecule has 5 nitrogen and oxygen atoms in total. The zero-order valence-corrected chi connectivity index (χ0v) is 13.5. The summed E-state index contributed by atoms with van der Waals surface area (Å²) in [5.74, 6) is -0.428. The minimum absolute atomic E-state index is 0.0147. The van der Waals surface area contributed by atoms with Crippen molar-refractivity contribution in [1.29, 1.82) is 0 Å². The highest BCUT2D eigenvalue weighted by molar-refractivity contribution is 6.05. The van der Waals surface area contributed by atoms with Crippen molar-refractivity contribution in [1.82, 2.24) is 0 Å². The first-order valence-electron chi connectivity index (χ1n) is 7.26. The van der Waals surface area contributed by atoms with Crippen LogP contribution in [-0.4, -0.2) is 25.5 Å². The molecule has 0 bridgehead atoms. The van der Waals surface area contributed by atoms with E-state index in [-0.39, 0.29) is 18.4 Å². The summed E-state index contributed by atoms with van der Waals surface area (Å²) in [5, 5.41) is 5.54. The van der Waals surface area contributed by atoms with Crippen LogP contribution in [0.2, 0.25) is 0 Å². The zero-order chi connectivity index (χ0) is 16.8. The number of hydrogen-bond acceptors (Lipinski definition) is 3. The van der Waals surface area contributed by atoms with Gasteiger partial charge in [-0.15, -0.1) is 0 Å². The fourth-order valence-electron chi connectivity index (χ4n) is 2.31. The molecule has 0 aliphatic rings. The predicted molar refractivity (Wildman–Crippen MR) is 90.8 cm³/mol. The molecule has 2 aromatic rings. The molecule has 2 amide bonds. The van der Waals surface area contributed by atoms with Crippen molar-refractivity contribution in [3.8, 4) is 0 Å². The number of hydrogen-bond donors (Lipinski definition) is 2. The second-order valence-corrected chi connectivity index (χ2v) is 5.39. The monoisotopic (exact) mass is 312 g/mol. The molecule has 120 valence electrons. The average molecular weight is 312 g/mol. The van der Waals surface area contributed by atoms with Crippen molar-refractivity contribution in [2.75, 3.05) is 24.4 Å². The molecule has 23 heavy (non-hydrogen) atoms. The summed E-state index contributed by atoms with van der Waals surface area (Å²) < 4.78 is 4.77. The molecule has 2 rings (SSSR count). The van der Waals surface area contributed by atoms with Crippen molar-refractivity contribution in [2.24, 2.45) is 0 Å². The first-order valence-corrected chi connectivity index (χ1v) is 7.26. The summed E-state index contributed by atoms with van der Waals surface area (Å²) in [5.41, 5.74) is 3.90. The maximum atomic E-state index is 12.3. The molecule has 5 heteroatoms. The molecular formula is C18H20N2O3. The molecule has 2 aromatic carbocycles. The van der Waals surface area contributed by atoms with Crippen LogP contribution in [0.15, 0.2) is 42.5 Å². The lowest BCUT2D eigenvalue weighted by Crippen LogP contribution is -2.17. The number of ether oxygens (including phenoxy) is 1. The first-order chi connectivity index (χ1) is 11.0. The quantitative estimate of drug-likeness (QED) is 0.891. The minimum atomic E-state index is -0.245. The Hall–Kier alpha value is -2.66. The number of carbonyl (C=O) groups is 2. The lowest BCUT2D eigenvalue weighted by molar-refractivity contribution is -0.119. The summed E-state index contributed by atoms with van der Waals surface area (Å²) in [7, 11) is 1.46. The van der Waals surface area contributed by atoms with Gasteiger partial charge in [-0.3, -0.25) is 9.59 Å². The van der Waals surface area contributed by atoms with E-state index in [0.29, 0.717) is 16.9 Å². The van der Waals surface area contributed by atoms with E-state index in [4.69, 9.17) is 4.74 Å². The Morgan fingerprint density at radius 1 is 0.957 bits per heavy atom. The fraction of sp³-hybridized carbons (Fsp3) is 0.222. The van der Waals surface area contributed by atoms with Gasteiger partial charge >= 0.3 is 0 Å². The minimum Gasteiger partial charge on any atom is -0.375 e. The number of nitrogens with one attached hydrogen (secondary N) is 2. The summed E-state index contributed by atoms with van der Waals surface area (Å²) in [6.07, 6.45) is 0. The molecule has 0 fully saturated rings. The largest absolute Gasteiger partial charge is 0.375 e. The van der Waals surface area contributed by atoms with Crippen LogP contribution in [0.1, 0.15) is 21.5 Å². The third-order valence-corrected chi connectivity index (χ3v) is 3.16. The molecule has 2 N–H and O–H groups in total. The van der Waals surface area contributed by atoms with Gasteiger partial charge in [0, 0.05) is 24.0 Å². The number of amides is 2. The van der Waals surface area contributed by atoms with E-state index in [2.05, 4.69) is 10.6 Å². The van der Waals surface area contributed by atoms with Crippen LogP contribution >= 0.6 is 0 Å². The number of methoxy groups -OCH3 is 1. The van der Waals surface area contributed by atoms with E-state index in [9.17, 15) is 9.59 Å². The lowest BCUT2D eigenvalue weighted by atomic mass is 10.1. The molecule has 0 atom stereocenters. The maximum absolute atomic E-state index is 12.3. The van der Waals surface area contributed by atoms with Crippen molar-refractivity contribution < 1.29 is 14.3 Å². The van der Waals surface area contributed by atoms with Gasteiger partial charge in [0.15, 0.2) is 0 Å². The SMILES string of the molecule is COCC(=O)Nc1cccc(NC(=O)c2cc(C)cc(C)c2)c1. The first kappa shape index (κ1) is 16.7. The molecule has 0 unspecified atom stereocenters. The van der Waals surface area contributed by atoms with Gasteiger partial charge in [0.25, 0.3) is 5.91 Å². The van der Waals surface area contributed by atoms with Crippen LogP contribution in [-0.2, 0) is 9.53 Å². The van der Waals surface area contributed by atoms with Gasteiger partial charge in [-0.1, -0.05) is 23.3 Å². The van der Waals surface area contributed by atoms with Crippen molar-refractivity contribution in [3.63, 3.8) is 0 Å². The Bertz CT molecular complexity index is 706. The summed E-state index contributed by atoms with van der Waals surface area (Å²) in [6, 6.07) is 12.7. The van der Waals surface area contributed by atoms with Gasteiger partial charge < -0.3 is 15.4 Å². The maximum Gasteiger partial charge on any atom is 0.255 e. The Balaban J connectivity index is 2.10. The van der Waals surface area contributed by atoms with Gasteiger partial charge in [0.2, 0.25) is 5.91 Å². The van der Waals surface area contributed by atoms with Crippen LogP contribution in [0.25, 0.3) is 0 Å². The van der Waals surface area contributed by atoms with Gasteiger partial charge in [-0.05, 0) is 44.2 Å². The molecule has 0 aromatic heterocycles. The average Bonchev–Trinajstić information content (AvgIpc) is 2.46. The highest BCUT2D eigenvalue weighted by Gasteiger charge is 2.08. The summed E-state index contributed by atoms with van der Waals surface area (Å²) >= 11 is 0. The summed E-state index contributed by atoms with van der Waals surface area (Å²) in [6.45, 7) is 3.89. The van der Waals surface area contributed by atoms with Gasteiger partial charge in [0.1, 0.15) is 6.61 Å². The summed E-state index contributed by atoms with van der Waals surface area (Å²) in [4.78, 5) is 23.9. The topological polar surface area (TPSA) is 67.4 Å². The Morgan fingerprint density at radius 2 is 1.57 bits per heavy atom. The zero-order valence-electron chi connectivity index (χ0n) is 13.5. The van der Waals surface area contributed by atoms with Crippen molar-refractivity contribution in [2.45, 2.75) is 13.8 Å². The number of benzene rings is 2. The highest BCUT2D eigenvalue weighted by Crippen LogP contribution is 2.17. The van der Waals surface area contributed by atoms with E-state index in [1.54, 1.807) is 24.3 Å². The van der Waals surface area contributed by atoms with E-state index in [1.807, 2.05) is 32.0 Å².